The molecule has 0 saturated carbocycles. The minimum Gasteiger partial charge on any atom is -0.342 e. The third-order valence-electron chi connectivity index (χ3n) is 5.24. The van der Waals surface area contributed by atoms with Gasteiger partial charge in [-0.05, 0) is 48.7 Å². The molecule has 0 bridgehead atoms. The lowest BCUT2D eigenvalue weighted by Crippen LogP contribution is -2.34. The van der Waals surface area contributed by atoms with E-state index in [4.69, 9.17) is 0 Å². The fourth-order valence-electron chi connectivity index (χ4n) is 3.61. The van der Waals surface area contributed by atoms with Crippen LogP contribution in [0, 0.1) is 5.82 Å². The molecule has 0 radical (unpaired) electrons. The number of para-hydroxylation sites is 1. The Labute approximate surface area is 191 Å². The van der Waals surface area contributed by atoms with Crippen LogP contribution in [0.1, 0.15) is 24.0 Å². The molecule has 33 heavy (non-hydrogen) atoms. The average molecular weight is 477 g/mol. The van der Waals surface area contributed by atoms with Crippen molar-refractivity contribution in [3.63, 3.8) is 0 Å². The van der Waals surface area contributed by atoms with E-state index in [1.165, 1.54) is 48.5 Å². The molecule has 5 nitrogen and oxygen atoms in total. The molecule has 0 atom stereocenters. The minimum absolute atomic E-state index is 0.0161. The van der Waals surface area contributed by atoms with Crippen molar-refractivity contribution in [2.24, 2.45) is 4.99 Å². The summed E-state index contributed by atoms with van der Waals surface area (Å²) in [5, 5.41) is -0.0161. The van der Waals surface area contributed by atoms with Gasteiger partial charge in [0, 0.05) is 13.1 Å². The second kappa shape index (κ2) is 9.38. The number of thioether (sulfide) groups is 1. The summed E-state index contributed by atoms with van der Waals surface area (Å²) < 4.78 is 54.2. The Balaban J connectivity index is 1.69. The van der Waals surface area contributed by atoms with Gasteiger partial charge in [0.1, 0.15) is 11.5 Å². The van der Waals surface area contributed by atoms with Gasteiger partial charge in [0.05, 0.1) is 17.0 Å². The van der Waals surface area contributed by atoms with Crippen LogP contribution >= 0.6 is 11.8 Å². The Kier molecular flexibility index (Phi) is 6.55. The summed E-state index contributed by atoms with van der Waals surface area (Å²) in [5.41, 5.74) is -0.986. The summed E-state index contributed by atoms with van der Waals surface area (Å²) in [6, 6.07) is 10.00. The Morgan fingerprint density at radius 2 is 1.73 bits per heavy atom. The Hall–Kier alpha value is -3.14. The number of benzene rings is 2. The molecule has 2 heterocycles. The number of hydrogen-bond acceptors (Lipinski definition) is 4. The quantitative estimate of drug-likeness (QED) is 0.463. The van der Waals surface area contributed by atoms with E-state index in [0.717, 1.165) is 35.6 Å². The molecule has 2 amide bonds. The summed E-state index contributed by atoms with van der Waals surface area (Å²) in [6.07, 6.45) is -1.50. The number of anilines is 1. The second-order valence-electron chi connectivity index (χ2n) is 7.51. The predicted octanol–water partition coefficient (Wildman–Crippen LogP) is 4.94. The Bertz CT molecular complexity index is 1120. The molecule has 1 saturated heterocycles. The van der Waals surface area contributed by atoms with Crippen molar-refractivity contribution in [1.29, 1.82) is 0 Å². The van der Waals surface area contributed by atoms with E-state index in [0.29, 0.717) is 18.7 Å². The Morgan fingerprint density at radius 1 is 1.06 bits per heavy atom. The van der Waals surface area contributed by atoms with Crippen molar-refractivity contribution in [1.82, 2.24) is 4.90 Å². The second-order valence-corrected chi connectivity index (χ2v) is 8.45. The van der Waals surface area contributed by atoms with Crippen LogP contribution < -0.4 is 4.90 Å². The third-order valence-corrected chi connectivity index (χ3v) is 6.16. The number of rotatable bonds is 4. The number of aliphatic imine (C=N–C) groups is 1. The fraction of sp³-hybridized carbons (Fsp3) is 0.261. The largest absolute Gasteiger partial charge is 0.418 e. The zero-order valence-corrected chi connectivity index (χ0v) is 18.1. The summed E-state index contributed by atoms with van der Waals surface area (Å²) in [4.78, 5) is 32.5. The fourth-order valence-corrected chi connectivity index (χ4v) is 4.52. The zero-order chi connectivity index (χ0) is 23.6. The first-order valence-corrected chi connectivity index (χ1v) is 11.2. The molecule has 4 rings (SSSR count). The number of carbonyl (C=O) groups excluding carboxylic acids is 2. The highest BCUT2D eigenvalue weighted by Crippen LogP contribution is 2.39. The van der Waals surface area contributed by atoms with Crippen LogP contribution in [0.5, 0.6) is 0 Å². The number of amides is 2. The van der Waals surface area contributed by atoms with E-state index in [-0.39, 0.29) is 28.2 Å². The van der Waals surface area contributed by atoms with Crippen molar-refractivity contribution in [2.45, 2.75) is 19.0 Å². The molecule has 2 aromatic rings. The van der Waals surface area contributed by atoms with Crippen LogP contribution in [0.15, 0.2) is 59.2 Å². The van der Waals surface area contributed by atoms with E-state index in [2.05, 4.69) is 4.99 Å². The van der Waals surface area contributed by atoms with Gasteiger partial charge in [0.25, 0.3) is 5.91 Å². The van der Waals surface area contributed by atoms with Crippen molar-refractivity contribution in [3.05, 3.63) is 71.2 Å². The standard InChI is InChI=1S/C23H19F4N3O2S/c24-16-9-7-15(8-10-16)13-18-21(32)30(19-6-2-1-5-17(19)23(25,26)27)22(28-18)33-14-20(31)29-11-3-4-12-29/h1-2,5-10,13H,3-4,11-12,14H2. The molecule has 1 fully saturated rings. The summed E-state index contributed by atoms with van der Waals surface area (Å²) in [7, 11) is 0. The molecule has 0 aromatic heterocycles. The number of alkyl halides is 3. The molecule has 2 aromatic carbocycles. The SMILES string of the molecule is O=C(CSC1=NC(=Cc2ccc(F)cc2)C(=O)N1c1ccccc1C(F)(F)F)N1CCCC1. The van der Waals surface area contributed by atoms with E-state index in [1.54, 1.807) is 4.90 Å². The number of amidine groups is 1. The van der Waals surface area contributed by atoms with Gasteiger partial charge in [-0.3, -0.25) is 14.5 Å². The first-order chi connectivity index (χ1) is 15.7. The van der Waals surface area contributed by atoms with Gasteiger partial charge in [-0.25, -0.2) is 9.38 Å². The van der Waals surface area contributed by atoms with E-state index in [1.807, 2.05) is 0 Å². The van der Waals surface area contributed by atoms with Crippen LogP contribution in [0.2, 0.25) is 0 Å². The molecule has 0 N–H and O–H groups in total. The normalized spacial score (nSPS) is 17.8. The molecular formula is C23H19F4N3O2S. The molecule has 0 spiro atoms. The van der Waals surface area contributed by atoms with Crippen molar-refractivity contribution in [3.8, 4) is 0 Å². The highest BCUT2D eigenvalue weighted by molar-refractivity contribution is 8.14. The smallest absolute Gasteiger partial charge is 0.342 e. The van der Waals surface area contributed by atoms with Crippen LogP contribution in [-0.2, 0) is 15.8 Å². The van der Waals surface area contributed by atoms with Gasteiger partial charge < -0.3 is 4.90 Å². The van der Waals surface area contributed by atoms with Crippen LogP contribution in [0.25, 0.3) is 6.08 Å². The molecular weight excluding hydrogens is 458 g/mol. The third kappa shape index (κ3) is 5.11. The lowest BCUT2D eigenvalue weighted by Gasteiger charge is -2.22. The maximum Gasteiger partial charge on any atom is 0.418 e. The van der Waals surface area contributed by atoms with E-state index < -0.39 is 23.5 Å². The maximum atomic E-state index is 13.7. The van der Waals surface area contributed by atoms with Gasteiger partial charge in [0.15, 0.2) is 5.17 Å². The summed E-state index contributed by atoms with van der Waals surface area (Å²) >= 11 is 0.917. The topological polar surface area (TPSA) is 53.0 Å². The van der Waals surface area contributed by atoms with Gasteiger partial charge in [0.2, 0.25) is 5.91 Å². The molecule has 172 valence electrons. The molecule has 2 aliphatic rings. The first-order valence-electron chi connectivity index (χ1n) is 10.2. The van der Waals surface area contributed by atoms with Gasteiger partial charge in [-0.15, -0.1) is 0 Å². The van der Waals surface area contributed by atoms with Crippen LogP contribution in [0.3, 0.4) is 0 Å². The lowest BCUT2D eigenvalue weighted by molar-refractivity contribution is -0.137. The number of hydrogen-bond donors (Lipinski definition) is 0. The van der Waals surface area contributed by atoms with E-state index in [9.17, 15) is 27.2 Å². The number of nitrogens with zero attached hydrogens (tertiary/aromatic N) is 3. The number of carbonyl (C=O) groups is 2. The van der Waals surface area contributed by atoms with Crippen molar-refractivity contribution >= 4 is 40.5 Å². The number of likely N-dealkylation sites (tertiary alicyclic amines) is 1. The van der Waals surface area contributed by atoms with Gasteiger partial charge >= 0.3 is 6.18 Å². The average Bonchev–Trinajstić information content (AvgIpc) is 3.42. The monoisotopic (exact) mass is 477 g/mol. The first kappa shape index (κ1) is 23.0. The molecule has 10 heteroatoms. The van der Waals surface area contributed by atoms with Crippen LogP contribution in [-0.4, -0.2) is 40.7 Å². The lowest BCUT2D eigenvalue weighted by atomic mass is 10.1. The molecule has 2 aliphatic heterocycles. The molecule has 0 unspecified atom stereocenters. The highest BCUT2D eigenvalue weighted by Gasteiger charge is 2.40. The van der Waals surface area contributed by atoms with Crippen molar-refractivity contribution in [2.75, 3.05) is 23.7 Å². The number of halogens is 4. The summed E-state index contributed by atoms with van der Waals surface area (Å²) in [5.74, 6) is -1.43. The van der Waals surface area contributed by atoms with Crippen LogP contribution in [0.4, 0.5) is 23.2 Å². The summed E-state index contributed by atoms with van der Waals surface area (Å²) in [6.45, 7) is 1.28. The van der Waals surface area contributed by atoms with Gasteiger partial charge in [-0.1, -0.05) is 36.0 Å². The Morgan fingerprint density at radius 3 is 2.39 bits per heavy atom. The highest BCUT2D eigenvalue weighted by atomic mass is 32.2. The molecule has 0 aliphatic carbocycles. The van der Waals surface area contributed by atoms with E-state index >= 15 is 0 Å². The minimum atomic E-state index is -4.69. The van der Waals surface area contributed by atoms with Crippen molar-refractivity contribution < 1.29 is 27.2 Å². The maximum absolute atomic E-state index is 13.7. The predicted molar refractivity (Wildman–Crippen MR) is 119 cm³/mol. The zero-order valence-electron chi connectivity index (χ0n) is 17.3. The van der Waals surface area contributed by atoms with Gasteiger partial charge in [-0.2, -0.15) is 13.2 Å².